The van der Waals surface area contributed by atoms with Crippen LogP contribution in [0.15, 0.2) is 24.3 Å². The Morgan fingerprint density at radius 1 is 1.25 bits per heavy atom. The zero-order valence-corrected chi connectivity index (χ0v) is 13.7. The third-order valence-electron chi connectivity index (χ3n) is 4.62. The molecule has 2 N–H and O–H groups in total. The number of carbonyl (C=O) groups is 1. The lowest BCUT2D eigenvalue weighted by Crippen LogP contribution is -2.52. The van der Waals surface area contributed by atoms with Gasteiger partial charge in [0.15, 0.2) is 0 Å². The van der Waals surface area contributed by atoms with Crippen LogP contribution >= 0.6 is 0 Å². The minimum Gasteiger partial charge on any atom is -0.381 e. The molecule has 2 atom stereocenters. The lowest BCUT2D eigenvalue weighted by Gasteiger charge is -2.37. The standard InChI is InChI=1S/C17H24FN3O3/c18-14-3-1-2-4-15(14)20-17(22)19-11-16(13-5-8-24-12-13)21-6-9-23-10-7-21/h1-4,13,16H,5-12H2,(H2,19,20,22). The lowest BCUT2D eigenvalue weighted by molar-refractivity contribution is 0.00222. The number of benzene rings is 1. The average Bonchev–Trinajstić information content (AvgIpc) is 3.12. The van der Waals surface area contributed by atoms with Crippen molar-refractivity contribution in [1.82, 2.24) is 10.2 Å². The maximum absolute atomic E-state index is 13.6. The van der Waals surface area contributed by atoms with Gasteiger partial charge in [-0.15, -0.1) is 0 Å². The third kappa shape index (κ3) is 4.43. The van der Waals surface area contributed by atoms with Crippen LogP contribution in [0.25, 0.3) is 0 Å². The van der Waals surface area contributed by atoms with Crippen LogP contribution in [0.3, 0.4) is 0 Å². The number of carbonyl (C=O) groups excluding carboxylic acids is 1. The predicted molar refractivity (Wildman–Crippen MR) is 88.5 cm³/mol. The molecule has 132 valence electrons. The summed E-state index contributed by atoms with van der Waals surface area (Å²) in [6, 6.07) is 5.96. The van der Waals surface area contributed by atoms with Crippen molar-refractivity contribution >= 4 is 11.7 Å². The third-order valence-corrected chi connectivity index (χ3v) is 4.62. The second-order valence-corrected chi connectivity index (χ2v) is 6.15. The maximum Gasteiger partial charge on any atom is 0.319 e. The number of hydrogen-bond acceptors (Lipinski definition) is 4. The molecule has 0 aromatic heterocycles. The molecule has 1 aromatic rings. The largest absolute Gasteiger partial charge is 0.381 e. The molecular weight excluding hydrogens is 313 g/mol. The molecule has 2 amide bonds. The Morgan fingerprint density at radius 2 is 2.04 bits per heavy atom. The van der Waals surface area contributed by atoms with E-state index in [4.69, 9.17) is 9.47 Å². The quantitative estimate of drug-likeness (QED) is 0.858. The van der Waals surface area contributed by atoms with Crippen molar-refractivity contribution in [3.8, 4) is 0 Å². The molecule has 6 nitrogen and oxygen atoms in total. The van der Waals surface area contributed by atoms with Crippen LogP contribution in [0.2, 0.25) is 0 Å². The summed E-state index contributed by atoms with van der Waals surface area (Å²) >= 11 is 0. The van der Waals surface area contributed by atoms with Gasteiger partial charge in [-0.05, 0) is 18.6 Å². The molecule has 24 heavy (non-hydrogen) atoms. The summed E-state index contributed by atoms with van der Waals surface area (Å²) in [5, 5.41) is 5.44. The first kappa shape index (κ1) is 17.1. The molecule has 7 heteroatoms. The number of urea groups is 1. The van der Waals surface area contributed by atoms with Crippen LogP contribution in [0, 0.1) is 11.7 Å². The molecule has 2 unspecified atom stereocenters. The minimum atomic E-state index is -0.443. The van der Waals surface area contributed by atoms with Crippen molar-refractivity contribution in [2.45, 2.75) is 12.5 Å². The highest BCUT2D eigenvalue weighted by Crippen LogP contribution is 2.22. The minimum absolute atomic E-state index is 0.183. The van der Waals surface area contributed by atoms with E-state index in [-0.39, 0.29) is 11.7 Å². The fourth-order valence-electron chi connectivity index (χ4n) is 3.29. The highest BCUT2D eigenvalue weighted by atomic mass is 19.1. The molecule has 1 aromatic carbocycles. The first-order valence-electron chi connectivity index (χ1n) is 8.43. The second kappa shape index (κ2) is 8.41. The van der Waals surface area contributed by atoms with Gasteiger partial charge in [-0.3, -0.25) is 4.90 Å². The van der Waals surface area contributed by atoms with Crippen LogP contribution in [-0.2, 0) is 9.47 Å². The van der Waals surface area contributed by atoms with Crippen LogP contribution in [0.5, 0.6) is 0 Å². The predicted octanol–water partition coefficient (Wildman–Crippen LogP) is 1.68. The average molecular weight is 337 g/mol. The van der Waals surface area contributed by atoms with E-state index in [1.165, 1.54) is 6.07 Å². The summed E-state index contributed by atoms with van der Waals surface area (Å²) in [7, 11) is 0. The summed E-state index contributed by atoms with van der Waals surface area (Å²) in [5.74, 6) is -0.0431. The Hall–Kier alpha value is -1.70. The van der Waals surface area contributed by atoms with Crippen molar-refractivity contribution in [2.24, 2.45) is 5.92 Å². The number of nitrogens with zero attached hydrogens (tertiary/aromatic N) is 1. The van der Waals surface area contributed by atoms with Gasteiger partial charge in [0.1, 0.15) is 5.82 Å². The van der Waals surface area contributed by atoms with Crippen LogP contribution < -0.4 is 10.6 Å². The number of anilines is 1. The monoisotopic (exact) mass is 337 g/mol. The molecule has 2 aliphatic heterocycles. The van der Waals surface area contributed by atoms with E-state index in [1.807, 2.05) is 0 Å². The van der Waals surface area contributed by atoms with Gasteiger partial charge < -0.3 is 20.1 Å². The number of ether oxygens (including phenoxy) is 2. The summed E-state index contributed by atoms with van der Waals surface area (Å²) in [6.45, 7) is 5.15. The van der Waals surface area contributed by atoms with E-state index < -0.39 is 11.8 Å². The van der Waals surface area contributed by atoms with Gasteiger partial charge in [0.05, 0.1) is 25.5 Å². The second-order valence-electron chi connectivity index (χ2n) is 6.15. The summed E-state index contributed by atoms with van der Waals surface area (Å²) in [6.07, 6.45) is 0.999. The van der Waals surface area contributed by atoms with Crippen molar-refractivity contribution < 1.29 is 18.7 Å². The number of rotatable bonds is 5. The van der Waals surface area contributed by atoms with Crippen LogP contribution in [-0.4, -0.2) is 63.0 Å². The van der Waals surface area contributed by atoms with E-state index in [2.05, 4.69) is 15.5 Å². The molecule has 0 saturated carbocycles. The summed E-state index contributed by atoms with van der Waals surface area (Å²) in [5.41, 5.74) is 0.183. The van der Waals surface area contributed by atoms with Crippen molar-refractivity contribution in [1.29, 1.82) is 0 Å². The number of nitrogens with one attached hydrogen (secondary N) is 2. The molecule has 0 radical (unpaired) electrons. The molecule has 0 spiro atoms. The van der Waals surface area contributed by atoms with Crippen molar-refractivity contribution in [3.05, 3.63) is 30.1 Å². The Balaban J connectivity index is 1.56. The Labute approximate surface area is 141 Å². The van der Waals surface area contributed by atoms with Gasteiger partial charge >= 0.3 is 6.03 Å². The molecule has 2 heterocycles. The zero-order valence-electron chi connectivity index (χ0n) is 13.7. The first-order chi connectivity index (χ1) is 11.7. The van der Waals surface area contributed by atoms with E-state index in [1.54, 1.807) is 18.2 Å². The fraction of sp³-hybridized carbons (Fsp3) is 0.588. The Kier molecular flexibility index (Phi) is 6.01. The lowest BCUT2D eigenvalue weighted by atomic mass is 9.97. The van der Waals surface area contributed by atoms with E-state index in [9.17, 15) is 9.18 Å². The van der Waals surface area contributed by atoms with E-state index in [0.29, 0.717) is 25.7 Å². The number of morpholine rings is 1. The molecule has 2 fully saturated rings. The fourth-order valence-corrected chi connectivity index (χ4v) is 3.29. The van der Waals surface area contributed by atoms with Gasteiger partial charge in [-0.1, -0.05) is 12.1 Å². The van der Waals surface area contributed by atoms with Crippen LogP contribution in [0.1, 0.15) is 6.42 Å². The van der Waals surface area contributed by atoms with Gasteiger partial charge in [0, 0.05) is 38.2 Å². The topological polar surface area (TPSA) is 62.8 Å². The number of amides is 2. The first-order valence-corrected chi connectivity index (χ1v) is 8.43. The maximum atomic E-state index is 13.6. The van der Waals surface area contributed by atoms with E-state index in [0.717, 1.165) is 32.7 Å². The number of halogens is 1. The molecule has 2 saturated heterocycles. The summed E-state index contributed by atoms with van der Waals surface area (Å²) < 4.78 is 24.5. The van der Waals surface area contributed by atoms with Gasteiger partial charge in [0.2, 0.25) is 0 Å². The smallest absolute Gasteiger partial charge is 0.319 e. The molecule has 3 rings (SSSR count). The Morgan fingerprint density at radius 3 is 2.75 bits per heavy atom. The zero-order chi connectivity index (χ0) is 16.8. The van der Waals surface area contributed by atoms with Gasteiger partial charge in [-0.2, -0.15) is 0 Å². The Bertz CT molecular complexity index is 546. The normalized spacial score (nSPS) is 23.0. The van der Waals surface area contributed by atoms with E-state index >= 15 is 0 Å². The number of para-hydroxylation sites is 1. The van der Waals surface area contributed by atoms with Gasteiger partial charge in [0.25, 0.3) is 0 Å². The summed E-state index contributed by atoms with van der Waals surface area (Å²) in [4.78, 5) is 14.5. The van der Waals surface area contributed by atoms with Crippen LogP contribution in [0.4, 0.5) is 14.9 Å². The number of hydrogen-bond donors (Lipinski definition) is 2. The van der Waals surface area contributed by atoms with Crippen molar-refractivity contribution in [2.75, 3.05) is 51.4 Å². The molecule has 0 bridgehead atoms. The van der Waals surface area contributed by atoms with Gasteiger partial charge in [-0.25, -0.2) is 9.18 Å². The SMILES string of the molecule is O=C(NCC(C1CCOC1)N1CCOCC1)Nc1ccccc1F. The molecule has 0 aliphatic carbocycles. The highest BCUT2D eigenvalue weighted by molar-refractivity contribution is 5.89. The highest BCUT2D eigenvalue weighted by Gasteiger charge is 2.31. The molecular formula is C17H24FN3O3. The van der Waals surface area contributed by atoms with Crippen molar-refractivity contribution in [3.63, 3.8) is 0 Å². The molecule has 2 aliphatic rings.